The Kier molecular flexibility index (Phi) is 11.2. The Hall–Kier alpha value is -4.53. The van der Waals surface area contributed by atoms with Crippen LogP contribution >= 0.6 is 0 Å². The largest absolute Gasteiger partial charge is 0.586 e. The zero-order valence-corrected chi connectivity index (χ0v) is 29.3. The Morgan fingerprint density at radius 2 is 1.83 bits per heavy atom. The van der Waals surface area contributed by atoms with Crippen molar-refractivity contribution in [2.45, 2.75) is 69.0 Å². The highest BCUT2D eigenvalue weighted by molar-refractivity contribution is 7.89. The monoisotopic (exact) mass is 743 g/mol. The number of rotatable bonds is 14. The minimum Gasteiger partial charge on any atom is -0.489 e. The van der Waals surface area contributed by atoms with E-state index in [9.17, 15) is 27.1 Å². The van der Waals surface area contributed by atoms with Crippen LogP contribution in [-0.4, -0.2) is 81.1 Å². The molecule has 1 amide bonds. The van der Waals surface area contributed by atoms with Crippen LogP contribution in [0.5, 0.6) is 17.2 Å². The quantitative estimate of drug-likeness (QED) is 0.238. The van der Waals surface area contributed by atoms with Gasteiger partial charge >= 0.3 is 12.4 Å². The van der Waals surface area contributed by atoms with Gasteiger partial charge in [0.05, 0.1) is 47.8 Å². The number of halogens is 2. The zero-order valence-electron chi connectivity index (χ0n) is 28.4. The molecular formula is C36H39F2N3O10S. The Bertz CT molecular complexity index is 1890. The van der Waals surface area contributed by atoms with E-state index in [0.717, 1.165) is 28.1 Å². The minimum absolute atomic E-state index is 0.0348. The highest BCUT2D eigenvalue weighted by atomic mass is 32.2. The lowest BCUT2D eigenvalue weighted by Gasteiger charge is -2.31. The number of carbonyl (C=O) groups is 1. The molecule has 0 bridgehead atoms. The number of sulfonamides is 1. The van der Waals surface area contributed by atoms with Crippen LogP contribution in [0.3, 0.4) is 0 Å². The summed E-state index contributed by atoms with van der Waals surface area (Å²) < 4.78 is 87.8. The third-order valence-electron chi connectivity index (χ3n) is 8.82. The van der Waals surface area contributed by atoms with Crippen molar-refractivity contribution in [3.05, 3.63) is 83.4 Å². The van der Waals surface area contributed by atoms with E-state index in [1.807, 2.05) is 6.07 Å². The molecule has 2 N–H and O–H groups in total. The standard InChI is InChI=1S/C36H39F2N3O10S/c1-22(2)18-41(52(44,45)27-10-11-31-32(16-27)51-36(37,38)50-31)19-30(42)29(40-35(43)49-33-21-48-34-28(33)12-13-46-34)15-23-6-8-26(9-7-23)47-20-25-5-3-4-24(14-25)17-39/h3-11,14,16,22,28-30,33-34,42H,12-13,15,18-21H2,1-2H3,(H,40,43)/t28?,29-,30+,33?,34?/m0/s1. The summed E-state index contributed by atoms with van der Waals surface area (Å²) in [5.41, 5.74) is 2.02. The molecule has 3 aliphatic rings. The number of hydrogen-bond acceptors (Lipinski definition) is 11. The number of fused-ring (bicyclic) bond motifs is 2. The smallest absolute Gasteiger partial charge is 0.489 e. The predicted octanol–water partition coefficient (Wildman–Crippen LogP) is 4.57. The zero-order chi connectivity index (χ0) is 37.0. The normalized spacial score (nSPS) is 21.4. The Morgan fingerprint density at radius 3 is 2.58 bits per heavy atom. The molecule has 2 saturated heterocycles. The van der Waals surface area contributed by atoms with Gasteiger partial charge in [0.15, 0.2) is 17.8 Å². The molecule has 6 rings (SSSR count). The van der Waals surface area contributed by atoms with Crippen LogP contribution in [-0.2, 0) is 37.3 Å². The molecule has 0 aromatic heterocycles. The summed E-state index contributed by atoms with van der Waals surface area (Å²) in [6.45, 7) is 3.95. The third kappa shape index (κ3) is 8.91. The van der Waals surface area contributed by atoms with E-state index in [2.05, 4.69) is 20.9 Å². The molecule has 0 radical (unpaired) electrons. The maximum Gasteiger partial charge on any atom is 0.586 e. The first kappa shape index (κ1) is 37.2. The Morgan fingerprint density at radius 1 is 1.06 bits per heavy atom. The fraction of sp³-hybridized carbons (Fsp3) is 0.444. The molecule has 3 unspecified atom stereocenters. The third-order valence-corrected chi connectivity index (χ3v) is 10.6. The van der Waals surface area contributed by atoms with Gasteiger partial charge < -0.3 is 38.8 Å². The number of nitrogens with zero attached hydrogens (tertiary/aromatic N) is 2. The van der Waals surface area contributed by atoms with Crippen molar-refractivity contribution in [3.8, 4) is 23.3 Å². The predicted molar refractivity (Wildman–Crippen MR) is 179 cm³/mol. The number of aliphatic hydroxyl groups is 1. The fourth-order valence-corrected chi connectivity index (χ4v) is 7.92. The molecule has 0 saturated carbocycles. The van der Waals surface area contributed by atoms with Gasteiger partial charge in [-0.2, -0.15) is 9.57 Å². The molecular weight excluding hydrogens is 704 g/mol. The number of nitrogens with one attached hydrogen (secondary N) is 1. The summed E-state index contributed by atoms with van der Waals surface area (Å²) in [5.74, 6) is -0.531. The second kappa shape index (κ2) is 15.6. The molecule has 3 aromatic rings. The van der Waals surface area contributed by atoms with Crippen molar-refractivity contribution in [2.75, 3.05) is 26.3 Å². The summed E-state index contributed by atoms with van der Waals surface area (Å²) in [7, 11) is -4.37. The van der Waals surface area contributed by atoms with E-state index in [4.69, 9.17) is 24.2 Å². The fourth-order valence-electron chi connectivity index (χ4n) is 6.28. The van der Waals surface area contributed by atoms with Crippen molar-refractivity contribution in [1.82, 2.24) is 9.62 Å². The van der Waals surface area contributed by atoms with Gasteiger partial charge in [-0.15, -0.1) is 8.78 Å². The van der Waals surface area contributed by atoms with E-state index in [-0.39, 0.29) is 48.7 Å². The maximum absolute atomic E-state index is 13.9. The van der Waals surface area contributed by atoms with E-state index in [1.165, 1.54) is 0 Å². The number of nitriles is 1. The summed E-state index contributed by atoms with van der Waals surface area (Å²) in [6, 6.07) is 18.2. The van der Waals surface area contributed by atoms with Gasteiger partial charge in [0.1, 0.15) is 18.5 Å². The van der Waals surface area contributed by atoms with Gasteiger partial charge in [-0.05, 0) is 66.3 Å². The van der Waals surface area contributed by atoms with E-state index in [1.54, 1.807) is 56.3 Å². The van der Waals surface area contributed by atoms with Crippen LogP contribution in [0, 0.1) is 23.2 Å². The lowest BCUT2D eigenvalue weighted by molar-refractivity contribution is -0.286. The summed E-state index contributed by atoms with van der Waals surface area (Å²) >= 11 is 0. The maximum atomic E-state index is 13.9. The second-order valence-electron chi connectivity index (χ2n) is 13.2. The molecule has 13 nitrogen and oxygen atoms in total. The molecule has 5 atom stereocenters. The van der Waals surface area contributed by atoms with Crippen molar-refractivity contribution >= 4 is 16.1 Å². The number of alkyl halides is 2. The first-order valence-electron chi connectivity index (χ1n) is 16.8. The number of hydrogen-bond donors (Lipinski definition) is 2. The average Bonchev–Trinajstić information content (AvgIpc) is 3.81. The van der Waals surface area contributed by atoms with Crippen LogP contribution in [0.4, 0.5) is 13.6 Å². The molecule has 3 heterocycles. The summed E-state index contributed by atoms with van der Waals surface area (Å²) in [4.78, 5) is 12.9. The highest BCUT2D eigenvalue weighted by Crippen LogP contribution is 2.42. The number of benzene rings is 3. The SMILES string of the molecule is CC(C)CN(C[C@@H](O)[C@H](Cc1ccc(OCc2cccc(C#N)c2)cc1)NC(=O)OC1COC2OCCC12)S(=O)(=O)c1ccc2c(c1)OC(F)(F)O2. The number of carbonyl (C=O) groups excluding carboxylic acids is 1. The van der Waals surface area contributed by atoms with Crippen molar-refractivity contribution in [3.63, 3.8) is 0 Å². The Labute approximate surface area is 300 Å². The van der Waals surface area contributed by atoms with E-state index >= 15 is 0 Å². The molecule has 16 heteroatoms. The van der Waals surface area contributed by atoms with E-state index < -0.39 is 59.2 Å². The van der Waals surface area contributed by atoms with Crippen molar-refractivity contribution in [2.24, 2.45) is 11.8 Å². The topological polar surface area (TPSA) is 166 Å². The van der Waals surface area contributed by atoms with Crippen LogP contribution in [0.15, 0.2) is 71.6 Å². The van der Waals surface area contributed by atoms with E-state index in [0.29, 0.717) is 29.9 Å². The molecule has 52 heavy (non-hydrogen) atoms. The summed E-state index contributed by atoms with van der Waals surface area (Å²) in [6.07, 6.45) is -6.49. The summed E-state index contributed by atoms with van der Waals surface area (Å²) in [5, 5.41) is 23.5. The first-order valence-corrected chi connectivity index (χ1v) is 18.2. The molecule has 3 aromatic carbocycles. The van der Waals surface area contributed by atoms with Crippen molar-refractivity contribution < 1.29 is 55.5 Å². The number of amides is 1. The first-order chi connectivity index (χ1) is 24.8. The lowest BCUT2D eigenvalue weighted by Crippen LogP contribution is -2.51. The second-order valence-corrected chi connectivity index (χ2v) is 15.2. The van der Waals surface area contributed by atoms with Gasteiger partial charge in [0.25, 0.3) is 0 Å². The molecule has 0 spiro atoms. The van der Waals surface area contributed by atoms with Gasteiger partial charge in [0, 0.05) is 19.2 Å². The Balaban J connectivity index is 1.19. The average molecular weight is 744 g/mol. The van der Waals surface area contributed by atoms with Crippen LogP contribution < -0.4 is 19.5 Å². The molecule has 3 aliphatic heterocycles. The van der Waals surface area contributed by atoms with Crippen LogP contribution in [0.2, 0.25) is 0 Å². The highest BCUT2D eigenvalue weighted by Gasteiger charge is 2.45. The van der Waals surface area contributed by atoms with Crippen molar-refractivity contribution in [1.29, 1.82) is 5.26 Å². The van der Waals surface area contributed by atoms with Crippen LogP contribution in [0.1, 0.15) is 37.0 Å². The number of ether oxygens (including phenoxy) is 6. The minimum atomic E-state index is -4.37. The molecule has 2 fully saturated rings. The molecule has 0 aliphatic carbocycles. The molecule has 278 valence electrons. The van der Waals surface area contributed by atoms with Gasteiger partial charge in [-0.3, -0.25) is 0 Å². The number of alkyl carbamates (subject to hydrolysis) is 1. The van der Waals surface area contributed by atoms with Gasteiger partial charge in [-0.1, -0.05) is 38.1 Å². The number of aliphatic hydroxyl groups excluding tert-OH is 1. The lowest BCUT2D eigenvalue weighted by atomic mass is 10.0. The van der Waals surface area contributed by atoms with Gasteiger partial charge in [-0.25, -0.2) is 13.2 Å². The van der Waals surface area contributed by atoms with Crippen LogP contribution in [0.25, 0.3) is 0 Å². The van der Waals surface area contributed by atoms with Gasteiger partial charge in [0.2, 0.25) is 10.0 Å².